The molecular formula is C28H38N4O. The highest BCUT2D eigenvalue weighted by atomic mass is 16.1. The minimum absolute atomic E-state index is 0.0436. The van der Waals surface area contributed by atoms with Crippen molar-refractivity contribution in [2.45, 2.75) is 45.2 Å². The van der Waals surface area contributed by atoms with Crippen molar-refractivity contribution < 1.29 is 4.79 Å². The summed E-state index contributed by atoms with van der Waals surface area (Å²) in [5.74, 6) is 0.0388. The number of carbonyl (C=O) groups is 1. The topological polar surface area (TPSA) is 79.2 Å². The summed E-state index contributed by atoms with van der Waals surface area (Å²) in [7, 11) is 0. The largest absolute Gasteiger partial charge is 0.382 e. The van der Waals surface area contributed by atoms with Gasteiger partial charge in [-0.3, -0.25) is 4.79 Å². The molecule has 0 radical (unpaired) electrons. The summed E-state index contributed by atoms with van der Waals surface area (Å²) in [6.07, 6.45) is 2.72. The molecule has 176 valence electrons. The molecule has 2 aromatic rings. The van der Waals surface area contributed by atoms with Gasteiger partial charge >= 0.3 is 0 Å². The molecule has 33 heavy (non-hydrogen) atoms. The molecular weight excluding hydrogens is 408 g/mol. The number of primary amides is 1. The van der Waals surface area contributed by atoms with Crippen LogP contribution in [-0.2, 0) is 11.2 Å². The van der Waals surface area contributed by atoms with Crippen molar-refractivity contribution in [2.75, 3.05) is 6.54 Å². The second kappa shape index (κ2) is 13.2. The van der Waals surface area contributed by atoms with Crippen LogP contribution in [0.3, 0.4) is 0 Å². The number of carbonyl (C=O) groups excluding carboxylic acids is 1. The number of nitrogens with two attached hydrogens (primary N) is 1. The van der Waals surface area contributed by atoms with E-state index in [1.165, 1.54) is 5.56 Å². The van der Waals surface area contributed by atoms with Crippen LogP contribution in [0.5, 0.6) is 0 Å². The number of aryl methyl sites for hydroxylation is 1. The van der Waals surface area contributed by atoms with Gasteiger partial charge in [0.2, 0.25) is 5.91 Å². The lowest BCUT2D eigenvalue weighted by Crippen LogP contribution is -2.39. The van der Waals surface area contributed by atoms with E-state index in [0.29, 0.717) is 18.2 Å². The molecule has 0 saturated heterocycles. The first kappa shape index (κ1) is 25.8. The van der Waals surface area contributed by atoms with Gasteiger partial charge in [0.25, 0.3) is 0 Å². The van der Waals surface area contributed by atoms with Crippen molar-refractivity contribution in [3.8, 4) is 0 Å². The fraction of sp³-hybridized carbons (Fsp3) is 0.321. The molecule has 2 unspecified atom stereocenters. The fourth-order valence-electron chi connectivity index (χ4n) is 3.58. The molecule has 2 aromatic carbocycles. The van der Waals surface area contributed by atoms with Gasteiger partial charge < -0.3 is 21.7 Å². The molecule has 5 heteroatoms. The Balaban J connectivity index is 1.89. The van der Waals surface area contributed by atoms with Crippen LogP contribution < -0.4 is 21.7 Å². The Bertz CT molecular complexity index is 921. The Hall–Kier alpha value is -3.47. The summed E-state index contributed by atoms with van der Waals surface area (Å²) in [5.41, 5.74) is 10.2. The number of amides is 1. The number of nitrogens with one attached hydrogen (secondary N) is 3. The third-order valence-corrected chi connectivity index (χ3v) is 5.36. The van der Waals surface area contributed by atoms with Crippen LogP contribution in [0.25, 0.3) is 0 Å². The zero-order valence-electron chi connectivity index (χ0n) is 19.9. The molecule has 2 atom stereocenters. The van der Waals surface area contributed by atoms with Crippen LogP contribution in [-0.4, -0.2) is 18.5 Å². The van der Waals surface area contributed by atoms with E-state index in [0.717, 1.165) is 36.2 Å². The molecule has 0 fully saturated rings. The van der Waals surface area contributed by atoms with E-state index in [1.54, 1.807) is 0 Å². The fourth-order valence-corrected chi connectivity index (χ4v) is 3.58. The van der Waals surface area contributed by atoms with Gasteiger partial charge in [0, 0.05) is 17.1 Å². The minimum Gasteiger partial charge on any atom is -0.382 e. The Kier molecular flexibility index (Phi) is 10.3. The lowest BCUT2D eigenvalue weighted by atomic mass is 10.0. The number of hydrogen-bond donors (Lipinski definition) is 4. The van der Waals surface area contributed by atoms with Crippen LogP contribution in [0.15, 0.2) is 97.5 Å². The van der Waals surface area contributed by atoms with Gasteiger partial charge in [-0.2, -0.15) is 0 Å². The van der Waals surface area contributed by atoms with E-state index in [-0.39, 0.29) is 6.04 Å². The summed E-state index contributed by atoms with van der Waals surface area (Å²) in [4.78, 5) is 11.9. The molecule has 0 bridgehead atoms. The van der Waals surface area contributed by atoms with E-state index in [9.17, 15) is 4.79 Å². The highest BCUT2D eigenvalue weighted by Crippen LogP contribution is 2.15. The second-order valence-corrected chi connectivity index (χ2v) is 8.79. The van der Waals surface area contributed by atoms with Crippen LogP contribution in [0, 0.1) is 5.92 Å². The summed E-state index contributed by atoms with van der Waals surface area (Å²) in [6, 6.07) is 19.2. The maximum absolute atomic E-state index is 11.9. The van der Waals surface area contributed by atoms with Crippen molar-refractivity contribution in [3.05, 3.63) is 109 Å². The normalized spacial score (nSPS) is 12.5. The monoisotopic (exact) mass is 446 g/mol. The predicted molar refractivity (Wildman–Crippen MR) is 138 cm³/mol. The van der Waals surface area contributed by atoms with Crippen molar-refractivity contribution in [1.29, 1.82) is 0 Å². The first-order valence-electron chi connectivity index (χ1n) is 11.5. The Morgan fingerprint density at radius 2 is 1.52 bits per heavy atom. The Labute approximate surface area is 198 Å². The van der Waals surface area contributed by atoms with Gasteiger partial charge in [-0.05, 0) is 36.3 Å². The van der Waals surface area contributed by atoms with E-state index in [1.807, 2.05) is 36.4 Å². The van der Waals surface area contributed by atoms with E-state index in [2.05, 4.69) is 73.8 Å². The highest BCUT2D eigenvalue weighted by Gasteiger charge is 2.19. The summed E-state index contributed by atoms with van der Waals surface area (Å²) in [5, 5.41) is 10.0. The maximum atomic E-state index is 11.9. The van der Waals surface area contributed by atoms with Crippen LogP contribution in [0.4, 0.5) is 0 Å². The smallest absolute Gasteiger partial charge is 0.244 e. The lowest BCUT2D eigenvalue weighted by Gasteiger charge is -2.27. The van der Waals surface area contributed by atoms with Gasteiger partial charge in [-0.25, -0.2) is 0 Å². The Morgan fingerprint density at radius 3 is 2.09 bits per heavy atom. The maximum Gasteiger partial charge on any atom is 0.244 e. The molecule has 0 heterocycles. The number of hydrogen-bond acceptors (Lipinski definition) is 4. The van der Waals surface area contributed by atoms with Gasteiger partial charge in [0.1, 0.15) is 6.04 Å². The lowest BCUT2D eigenvalue weighted by molar-refractivity contribution is -0.120. The third-order valence-electron chi connectivity index (χ3n) is 5.36. The third kappa shape index (κ3) is 9.27. The Morgan fingerprint density at radius 1 is 0.909 bits per heavy atom. The van der Waals surface area contributed by atoms with Crippen LogP contribution in [0.2, 0.25) is 0 Å². The zero-order valence-corrected chi connectivity index (χ0v) is 19.9. The van der Waals surface area contributed by atoms with Gasteiger partial charge in [0.15, 0.2) is 0 Å². The van der Waals surface area contributed by atoms with Gasteiger partial charge in [-0.1, -0.05) is 94.2 Å². The molecule has 0 spiro atoms. The molecule has 0 aliphatic heterocycles. The average molecular weight is 447 g/mol. The van der Waals surface area contributed by atoms with Gasteiger partial charge in [-0.15, -0.1) is 0 Å². The molecule has 2 rings (SSSR count). The molecule has 0 saturated carbocycles. The number of rotatable bonds is 15. The van der Waals surface area contributed by atoms with Crippen LogP contribution in [0.1, 0.15) is 43.9 Å². The summed E-state index contributed by atoms with van der Waals surface area (Å²) in [6.45, 7) is 17.3. The summed E-state index contributed by atoms with van der Waals surface area (Å²) >= 11 is 0. The first-order chi connectivity index (χ1) is 15.8. The molecule has 0 aromatic heterocycles. The highest BCUT2D eigenvalue weighted by molar-refractivity contribution is 5.81. The minimum atomic E-state index is -0.629. The molecule has 0 aliphatic rings. The van der Waals surface area contributed by atoms with Crippen LogP contribution >= 0.6 is 0 Å². The van der Waals surface area contributed by atoms with E-state index >= 15 is 0 Å². The average Bonchev–Trinajstić information content (AvgIpc) is 2.80. The SMILES string of the molecule is C=C(CCc1ccccc1)NC(CC(C)C)C(=C)NCC(=C)NC(C(N)=O)c1ccccc1. The number of allylic oxidation sites excluding steroid dienone is 1. The van der Waals surface area contributed by atoms with Crippen molar-refractivity contribution in [1.82, 2.24) is 16.0 Å². The van der Waals surface area contributed by atoms with Crippen molar-refractivity contribution in [3.63, 3.8) is 0 Å². The summed E-state index contributed by atoms with van der Waals surface area (Å²) < 4.78 is 0. The predicted octanol–water partition coefficient (Wildman–Crippen LogP) is 4.57. The van der Waals surface area contributed by atoms with E-state index < -0.39 is 11.9 Å². The number of benzene rings is 2. The van der Waals surface area contributed by atoms with Crippen molar-refractivity contribution >= 4 is 5.91 Å². The quantitative estimate of drug-likeness (QED) is 0.323. The van der Waals surface area contributed by atoms with E-state index in [4.69, 9.17) is 5.73 Å². The molecule has 5 nitrogen and oxygen atoms in total. The zero-order chi connectivity index (χ0) is 24.2. The molecule has 0 aliphatic carbocycles. The first-order valence-corrected chi connectivity index (χ1v) is 11.5. The molecule has 5 N–H and O–H groups in total. The van der Waals surface area contributed by atoms with Gasteiger partial charge in [0.05, 0.1) is 12.6 Å². The molecule has 1 amide bonds. The second-order valence-electron chi connectivity index (χ2n) is 8.79. The van der Waals surface area contributed by atoms with Crippen molar-refractivity contribution in [2.24, 2.45) is 11.7 Å². The standard InChI is InChI=1S/C28H38N4O/c1-20(2)18-26(31-21(3)16-17-24-12-8-6-9-13-24)23(5)30-19-22(4)32-27(28(29)33)25-14-10-7-11-15-25/h6-15,20,26-27,30-32H,3-5,16-19H2,1-2H3,(H2,29,33).